The van der Waals surface area contributed by atoms with Gasteiger partial charge in [-0.05, 0) is 122 Å². The molecule has 0 bridgehead atoms. The van der Waals surface area contributed by atoms with E-state index >= 15 is 0 Å². The molecule has 0 saturated carbocycles. The number of carbonyl (C=O) groups excluding carboxylic acids is 3. The molecule has 0 aliphatic heterocycles. The zero-order valence-corrected chi connectivity index (χ0v) is 43.6. The van der Waals surface area contributed by atoms with Crippen molar-refractivity contribution in [1.29, 1.82) is 0 Å². The molecule has 67 heavy (non-hydrogen) atoms. The first-order valence-corrected chi connectivity index (χ1v) is 27.7. The molecule has 0 fully saturated rings. The van der Waals surface area contributed by atoms with Crippen LogP contribution in [0.4, 0.5) is 0 Å². The van der Waals surface area contributed by atoms with Crippen LogP contribution in [0.25, 0.3) is 0 Å². The Morgan fingerprint density at radius 3 is 0.940 bits per heavy atom. The van der Waals surface area contributed by atoms with E-state index in [2.05, 4.69) is 118 Å². The molecule has 6 heteroatoms. The number of carbonyl (C=O) groups is 3. The molecule has 0 aromatic heterocycles. The molecular formula is C61H102O6. The summed E-state index contributed by atoms with van der Waals surface area (Å²) in [5, 5.41) is 0. The topological polar surface area (TPSA) is 78.9 Å². The Hall–Kier alpha value is -3.67. The van der Waals surface area contributed by atoms with Gasteiger partial charge in [0.25, 0.3) is 0 Å². The van der Waals surface area contributed by atoms with Crippen LogP contribution in [-0.4, -0.2) is 37.2 Å². The van der Waals surface area contributed by atoms with E-state index < -0.39 is 6.10 Å². The lowest BCUT2D eigenvalue weighted by molar-refractivity contribution is -0.167. The summed E-state index contributed by atoms with van der Waals surface area (Å²) < 4.78 is 16.8. The van der Waals surface area contributed by atoms with Crippen molar-refractivity contribution in [3.8, 4) is 0 Å². The maximum atomic E-state index is 12.8. The quantitative estimate of drug-likeness (QED) is 0.0262. The second-order valence-electron chi connectivity index (χ2n) is 18.1. The van der Waals surface area contributed by atoms with E-state index in [1.54, 1.807) is 0 Å². The number of rotatable bonds is 49. The molecule has 0 rings (SSSR count). The Morgan fingerprint density at radius 1 is 0.299 bits per heavy atom. The molecule has 0 spiro atoms. The fourth-order valence-corrected chi connectivity index (χ4v) is 7.32. The fraction of sp³-hybridized carbons (Fsp3) is 0.689. The van der Waals surface area contributed by atoms with Crippen molar-refractivity contribution in [1.82, 2.24) is 0 Å². The van der Waals surface area contributed by atoms with Crippen LogP contribution in [0, 0.1) is 0 Å². The van der Waals surface area contributed by atoms with Gasteiger partial charge in [-0.2, -0.15) is 0 Å². The minimum atomic E-state index is -0.816. The average Bonchev–Trinajstić information content (AvgIpc) is 3.33. The third-order valence-electron chi connectivity index (χ3n) is 11.5. The third-order valence-corrected chi connectivity index (χ3v) is 11.5. The van der Waals surface area contributed by atoms with Gasteiger partial charge in [-0.25, -0.2) is 0 Å². The zero-order chi connectivity index (χ0) is 48.6. The summed E-state index contributed by atoms with van der Waals surface area (Å²) >= 11 is 0. The molecule has 0 aliphatic carbocycles. The lowest BCUT2D eigenvalue weighted by Crippen LogP contribution is -2.30. The van der Waals surface area contributed by atoms with Crippen LogP contribution in [0.3, 0.4) is 0 Å². The summed E-state index contributed by atoms with van der Waals surface area (Å²) in [6, 6.07) is 0. The second-order valence-corrected chi connectivity index (χ2v) is 18.1. The van der Waals surface area contributed by atoms with E-state index in [1.165, 1.54) is 103 Å². The van der Waals surface area contributed by atoms with Crippen molar-refractivity contribution in [2.45, 2.75) is 258 Å². The third kappa shape index (κ3) is 53.2. The molecule has 6 nitrogen and oxygen atoms in total. The van der Waals surface area contributed by atoms with Gasteiger partial charge in [-0.3, -0.25) is 14.4 Å². The Morgan fingerprint density at radius 2 is 0.552 bits per heavy atom. The normalized spacial score (nSPS) is 12.8. The highest BCUT2D eigenvalue weighted by atomic mass is 16.6. The van der Waals surface area contributed by atoms with Crippen LogP contribution in [0.5, 0.6) is 0 Å². The van der Waals surface area contributed by atoms with Crippen LogP contribution >= 0.6 is 0 Å². The van der Waals surface area contributed by atoms with Gasteiger partial charge in [-0.15, -0.1) is 0 Å². The van der Waals surface area contributed by atoms with Gasteiger partial charge in [-0.1, -0.05) is 208 Å². The minimum Gasteiger partial charge on any atom is -0.462 e. The molecule has 0 aromatic carbocycles. The molecule has 0 saturated heterocycles. The van der Waals surface area contributed by atoms with Gasteiger partial charge >= 0.3 is 17.9 Å². The lowest BCUT2D eigenvalue weighted by Gasteiger charge is -2.18. The molecule has 0 N–H and O–H groups in total. The molecule has 1 atom stereocenters. The number of ether oxygens (including phenoxy) is 3. The van der Waals surface area contributed by atoms with Crippen LogP contribution < -0.4 is 0 Å². The summed E-state index contributed by atoms with van der Waals surface area (Å²) in [7, 11) is 0. The standard InChI is InChI=1S/C61H102O6/c1-4-7-10-13-16-19-22-25-28-30-33-36-39-42-45-48-51-54-60(63)66-57-58(56-65-59(62)53-50-47-44-41-38-35-32-27-24-21-18-15-12-9-6-3)67-61(64)55-52-49-46-43-40-37-34-31-29-26-23-20-17-14-11-8-5-2/h16-17,19-20,25-29,32-34,36-37,42,45,58H,4-15,18,21-24,30-31,35,38-41,43-44,46-57H2,1-3H3/b19-16-,20-17-,28-25-,29-26-,32-27-,36-33-,37-34-,45-42-/t58-/m0/s1. The van der Waals surface area contributed by atoms with Gasteiger partial charge in [0.05, 0.1) is 0 Å². The minimum absolute atomic E-state index is 0.109. The van der Waals surface area contributed by atoms with Crippen LogP contribution in [0.2, 0.25) is 0 Å². The Kier molecular flexibility index (Phi) is 51.9. The summed E-state index contributed by atoms with van der Waals surface area (Å²) in [5.41, 5.74) is 0. The van der Waals surface area contributed by atoms with Crippen LogP contribution in [-0.2, 0) is 28.6 Å². The first kappa shape index (κ1) is 63.3. The van der Waals surface area contributed by atoms with Gasteiger partial charge in [0.2, 0.25) is 0 Å². The first-order valence-electron chi connectivity index (χ1n) is 27.7. The van der Waals surface area contributed by atoms with Gasteiger partial charge in [0.1, 0.15) is 13.2 Å². The average molecular weight is 931 g/mol. The molecule has 0 radical (unpaired) electrons. The molecule has 0 amide bonds. The molecule has 382 valence electrons. The first-order chi connectivity index (χ1) is 33.0. The smallest absolute Gasteiger partial charge is 0.306 e. The van der Waals surface area contributed by atoms with Crippen molar-refractivity contribution >= 4 is 17.9 Å². The maximum absolute atomic E-state index is 12.8. The summed E-state index contributed by atoms with van der Waals surface area (Å²) in [6.07, 6.45) is 72.5. The Labute approximate surface area is 413 Å². The molecular weight excluding hydrogens is 829 g/mol. The predicted octanol–water partition coefficient (Wildman–Crippen LogP) is 18.5. The van der Waals surface area contributed by atoms with E-state index in [1.807, 2.05) is 0 Å². The van der Waals surface area contributed by atoms with E-state index in [0.29, 0.717) is 12.8 Å². The molecule has 0 heterocycles. The maximum Gasteiger partial charge on any atom is 0.306 e. The van der Waals surface area contributed by atoms with E-state index in [-0.39, 0.29) is 44.0 Å². The molecule has 0 unspecified atom stereocenters. The SMILES string of the molecule is CCCCC/C=C\C/C=C\C/C=C\C/C=C\CCCC(=O)OC[C@H](COC(=O)CCCCCCC/C=C\CCCCCCCC)OC(=O)CCCCCC/C=C\C/C=C\C/C=C\CCCCC. The van der Waals surface area contributed by atoms with Crippen molar-refractivity contribution in [3.63, 3.8) is 0 Å². The highest BCUT2D eigenvalue weighted by Crippen LogP contribution is 2.13. The van der Waals surface area contributed by atoms with Crippen molar-refractivity contribution in [2.75, 3.05) is 13.2 Å². The predicted molar refractivity (Wildman–Crippen MR) is 288 cm³/mol. The van der Waals surface area contributed by atoms with E-state index in [0.717, 1.165) is 103 Å². The van der Waals surface area contributed by atoms with Crippen molar-refractivity contribution in [3.05, 3.63) is 97.2 Å². The summed E-state index contributed by atoms with van der Waals surface area (Å²) in [4.78, 5) is 38.1. The summed E-state index contributed by atoms with van der Waals surface area (Å²) in [5.74, 6) is -0.997. The van der Waals surface area contributed by atoms with Gasteiger partial charge < -0.3 is 14.2 Å². The molecule has 0 aromatic rings. The van der Waals surface area contributed by atoms with Gasteiger partial charge in [0.15, 0.2) is 6.10 Å². The van der Waals surface area contributed by atoms with E-state index in [9.17, 15) is 14.4 Å². The monoisotopic (exact) mass is 931 g/mol. The van der Waals surface area contributed by atoms with Crippen LogP contribution in [0.15, 0.2) is 97.2 Å². The highest BCUT2D eigenvalue weighted by molar-refractivity contribution is 5.71. The summed E-state index contributed by atoms with van der Waals surface area (Å²) in [6.45, 7) is 6.50. The van der Waals surface area contributed by atoms with Crippen molar-refractivity contribution < 1.29 is 28.6 Å². The zero-order valence-electron chi connectivity index (χ0n) is 43.6. The molecule has 0 aliphatic rings. The van der Waals surface area contributed by atoms with Crippen molar-refractivity contribution in [2.24, 2.45) is 0 Å². The number of hydrogen-bond acceptors (Lipinski definition) is 6. The Balaban J connectivity index is 4.54. The Bertz CT molecular complexity index is 1350. The van der Waals surface area contributed by atoms with Crippen LogP contribution in [0.1, 0.15) is 252 Å². The number of hydrogen-bond donors (Lipinski definition) is 0. The van der Waals surface area contributed by atoms with Gasteiger partial charge in [0, 0.05) is 19.3 Å². The lowest BCUT2D eigenvalue weighted by atomic mass is 10.1. The number of unbranched alkanes of at least 4 members (excludes halogenated alkanes) is 22. The largest absolute Gasteiger partial charge is 0.462 e. The fourth-order valence-electron chi connectivity index (χ4n) is 7.32. The number of esters is 3. The van der Waals surface area contributed by atoms with E-state index in [4.69, 9.17) is 14.2 Å². The second kappa shape index (κ2) is 54.9. The highest BCUT2D eigenvalue weighted by Gasteiger charge is 2.19. The number of allylic oxidation sites excluding steroid dienone is 16.